The van der Waals surface area contributed by atoms with Gasteiger partial charge in [-0.2, -0.15) is 0 Å². The van der Waals surface area contributed by atoms with Crippen LogP contribution >= 0.6 is 11.6 Å². The number of nitrogens with one attached hydrogen (secondary N) is 3. The van der Waals surface area contributed by atoms with Gasteiger partial charge in [0.15, 0.2) is 0 Å². The number of hydrogen-bond donors (Lipinski definition) is 3. The van der Waals surface area contributed by atoms with Crippen LogP contribution in [0.3, 0.4) is 0 Å². The van der Waals surface area contributed by atoms with Gasteiger partial charge in [-0.1, -0.05) is 41.9 Å². The molecule has 0 radical (unpaired) electrons. The molecule has 0 bridgehead atoms. The number of para-hydroxylation sites is 1. The molecule has 33 heavy (non-hydrogen) atoms. The molecule has 8 nitrogen and oxygen atoms in total. The van der Waals surface area contributed by atoms with Crippen LogP contribution in [0.15, 0.2) is 77.7 Å². The molecular formula is C23H22ClN3O5S. The molecule has 1 atom stereocenters. The molecule has 0 saturated carbocycles. The summed E-state index contributed by atoms with van der Waals surface area (Å²) in [6, 6.07) is 18.2. The van der Waals surface area contributed by atoms with Crippen LogP contribution in [-0.2, 0) is 14.8 Å². The highest BCUT2D eigenvalue weighted by atomic mass is 35.5. The highest BCUT2D eigenvalue weighted by Crippen LogP contribution is 2.30. The van der Waals surface area contributed by atoms with Gasteiger partial charge in [-0.05, 0) is 49.4 Å². The van der Waals surface area contributed by atoms with Crippen LogP contribution in [0.25, 0.3) is 0 Å². The summed E-state index contributed by atoms with van der Waals surface area (Å²) in [6.07, 6.45) is 0. The number of halogens is 1. The Hall–Kier alpha value is -3.56. The molecule has 2 amide bonds. The second-order valence-corrected chi connectivity index (χ2v) is 9.06. The Bertz CT molecular complexity index is 1270. The Balaban J connectivity index is 1.78. The van der Waals surface area contributed by atoms with Gasteiger partial charge in [-0.3, -0.25) is 14.3 Å². The Morgan fingerprint density at radius 1 is 0.970 bits per heavy atom. The normalized spacial score (nSPS) is 11.8. The van der Waals surface area contributed by atoms with Crippen molar-refractivity contribution in [2.24, 2.45) is 0 Å². The van der Waals surface area contributed by atoms with Crippen molar-refractivity contribution in [1.82, 2.24) is 5.32 Å². The standard InChI is InChI=1S/C23H22ClN3O5S/c1-15(25-23(29)16-8-4-3-5-9-16)22(28)26-17-12-13-20(32-2)21(14-17)33(30,31)27-19-11-7-6-10-18(19)24/h3-15,27H,1-2H3,(H,25,29)(H,26,28). The number of hydrogen-bond acceptors (Lipinski definition) is 5. The summed E-state index contributed by atoms with van der Waals surface area (Å²) in [5, 5.41) is 5.44. The summed E-state index contributed by atoms with van der Waals surface area (Å²) in [4.78, 5) is 24.7. The maximum atomic E-state index is 13.0. The minimum absolute atomic E-state index is 0.0815. The Morgan fingerprint density at radius 2 is 1.64 bits per heavy atom. The Morgan fingerprint density at radius 3 is 2.30 bits per heavy atom. The van der Waals surface area contributed by atoms with Crippen molar-refractivity contribution < 1.29 is 22.7 Å². The molecule has 10 heteroatoms. The third kappa shape index (κ3) is 6.03. The number of amides is 2. The van der Waals surface area contributed by atoms with Gasteiger partial charge in [0.25, 0.3) is 15.9 Å². The van der Waals surface area contributed by atoms with Crippen LogP contribution in [0.5, 0.6) is 5.75 Å². The van der Waals surface area contributed by atoms with Gasteiger partial charge < -0.3 is 15.4 Å². The van der Waals surface area contributed by atoms with Crippen LogP contribution in [-0.4, -0.2) is 33.4 Å². The van der Waals surface area contributed by atoms with Crippen LogP contribution in [0.2, 0.25) is 5.02 Å². The van der Waals surface area contributed by atoms with Crippen LogP contribution in [0, 0.1) is 0 Å². The van der Waals surface area contributed by atoms with Gasteiger partial charge in [-0.15, -0.1) is 0 Å². The number of ether oxygens (including phenoxy) is 1. The minimum atomic E-state index is -4.09. The molecule has 1 unspecified atom stereocenters. The lowest BCUT2D eigenvalue weighted by molar-refractivity contribution is -0.117. The van der Waals surface area contributed by atoms with E-state index in [4.69, 9.17) is 16.3 Å². The molecule has 0 fully saturated rings. The number of benzene rings is 3. The molecule has 172 valence electrons. The highest BCUT2D eigenvalue weighted by molar-refractivity contribution is 7.92. The molecule has 0 aliphatic heterocycles. The largest absolute Gasteiger partial charge is 0.495 e. The molecule has 3 aromatic carbocycles. The first-order valence-electron chi connectivity index (χ1n) is 9.83. The van der Waals surface area contributed by atoms with Crippen LogP contribution in [0.4, 0.5) is 11.4 Å². The maximum Gasteiger partial charge on any atom is 0.265 e. The zero-order valence-electron chi connectivity index (χ0n) is 17.8. The van der Waals surface area contributed by atoms with Crippen molar-refractivity contribution in [1.29, 1.82) is 0 Å². The molecular weight excluding hydrogens is 466 g/mol. The summed E-state index contributed by atoms with van der Waals surface area (Å²) in [7, 11) is -2.76. The van der Waals surface area contributed by atoms with Crippen molar-refractivity contribution in [3.05, 3.63) is 83.4 Å². The van der Waals surface area contributed by atoms with Gasteiger partial charge >= 0.3 is 0 Å². The van der Waals surface area contributed by atoms with E-state index in [-0.39, 0.29) is 27.0 Å². The lowest BCUT2D eigenvalue weighted by Crippen LogP contribution is -2.41. The Labute approximate surface area is 197 Å². The number of anilines is 2. The van der Waals surface area contributed by atoms with Crippen molar-refractivity contribution >= 4 is 44.8 Å². The first kappa shape index (κ1) is 24.1. The fourth-order valence-electron chi connectivity index (χ4n) is 2.89. The van der Waals surface area contributed by atoms with E-state index in [1.165, 1.54) is 38.3 Å². The first-order chi connectivity index (χ1) is 15.7. The molecule has 3 rings (SSSR count). The molecule has 0 aliphatic carbocycles. The average molecular weight is 488 g/mol. The van der Waals surface area contributed by atoms with Crippen molar-refractivity contribution in [3.8, 4) is 5.75 Å². The third-order valence-electron chi connectivity index (χ3n) is 4.62. The van der Waals surface area contributed by atoms with E-state index in [1.54, 1.807) is 48.5 Å². The first-order valence-corrected chi connectivity index (χ1v) is 11.7. The van der Waals surface area contributed by atoms with Gasteiger partial charge in [-0.25, -0.2) is 8.42 Å². The fraction of sp³-hybridized carbons (Fsp3) is 0.130. The van der Waals surface area contributed by atoms with E-state index in [9.17, 15) is 18.0 Å². The van der Waals surface area contributed by atoms with E-state index < -0.39 is 27.9 Å². The van der Waals surface area contributed by atoms with Crippen LogP contribution in [0.1, 0.15) is 17.3 Å². The van der Waals surface area contributed by atoms with Crippen molar-refractivity contribution in [2.45, 2.75) is 17.9 Å². The maximum absolute atomic E-state index is 13.0. The zero-order valence-corrected chi connectivity index (χ0v) is 19.4. The number of sulfonamides is 1. The van der Waals surface area contributed by atoms with Crippen molar-refractivity contribution in [2.75, 3.05) is 17.1 Å². The van der Waals surface area contributed by atoms with E-state index >= 15 is 0 Å². The SMILES string of the molecule is COc1ccc(NC(=O)C(C)NC(=O)c2ccccc2)cc1S(=O)(=O)Nc1ccccc1Cl. The summed E-state index contributed by atoms with van der Waals surface area (Å²) in [6.45, 7) is 1.52. The second kappa shape index (κ2) is 10.4. The van der Waals surface area contributed by atoms with Gasteiger partial charge in [0.05, 0.1) is 17.8 Å². The predicted octanol–water partition coefficient (Wildman–Crippen LogP) is 3.91. The van der Waals surface area contributed by atoms with Gasteiger partial charge in [0.2, 0.25) is 5.91 Å². The number of carbonyl (C=O) groups is 2. The molecule has 0 aromatic heterocycles. The quantitative estimate of drug-likeness (QED) is 0.446. The van der Waals surface area contributed by atoms with E-state index in [0.717, 1.165) is 0 Å². The van der Waals surface area contributed by atoms with Crippen LogP contribution < -0.4 is 20.1 Å². The summed E-state index contributed by atoms with van der Waals surface area (Å²) >= 11 is 6.06. The average Bonchev–Trinajstić information content (AvgIpc) is 2.81. The summed E-state index contributed by atoms with van der Waals surface area (Å²) < 4.78 is 33.6. The Kier molecular flexibility index (Phi) is 7.57. The topological polar surface area (TPSA) is 114 Å². The highest BCUT2D eigenvalue weighted by Gasteiger charge is 2.23. The smallest absolute Gasteiger partial charge is 0.265 e. The second-order valence-electron chi connectivity index (χ2n) is 7.00. The minimum Gasteiger partial charge on any atom is -0.495 e. The predicted molar refractivity (Wildman–Crippen MR) is 127 cm³/mol. The number of carbonyl (C=O) groups excluding carboxylic acids is 2. The number of rotatable bonds is 8. The molecule has 3 N–H and O–H groups in total. The summed E-state index contributed by atoms with van der Waals surface area (Å²) in [5.41, 5.74) is 0.828. The lowest BCUT2D eigenvalue weighted by Gasteiger charge is -2.16. The molecule has 3 aromatic rings. The lowest BCUT2D eigenvalue weighted by atomic mass is 10.2. The van der Waals surface area contributed by atoms with Gasteiger partial charge in [0.1, 0.15) is 16.7 Å². The van der Waals surface area contributed by atoms with Crippen molar-refractivity contribution in [3.63, 3.8) is 0 Å². The van der Waals surface area contributed by atoms with E-state index in [1.807, 2.05) is 0 Å². The summed E-state index contributed by atoms with van der Waals surface area (Å²) in [5.74, 6) is -0.843. The molecule has 0 aliphatic rings. The number of methoxy groups -OCH3 is 1. The molecule has 0 saturated heterocycles. The fourth-order valence-corrected chi connectivity index (χ4v) is 4.41. The molecule has 0 spiro atoms. The monoisotopic (exact) mass is 487 g/mol. The zero-order chi connectivity index (χ0) is 24.0. The van der Waals surface area contributed by atoms with E-state index in [0.29, 0.717) is 5.56 Å². The molecule has 0 heterocycles. The van der Waals surface area contributed by atoms with Gasteiger partial charge in [0, 0.05) is 11.3 Å². The van der Waals surface area contributed by atoms with E-state index in [2.05, 4.69) is 15.4 Å². The third-order valence-corrected chi connectivity index (χ3v) is 6.33.